The molecule has 0 bridgehead atoms. The van der Waals surface area contributed by atoms with Crippen LogP contribution in [-0.4, -0.2) is 37.6 Å². The van der Waals surface area contributed by atoms with Crippen molar-refractivity contribution in [1.29, 1.82) is 0 Å². The van der Waals surface area contributed by atoms with Gasteiger partial charge < -0.3 is 15.0 Å². The van der Waals surface area contributed by atoms with E-state index < -0.39 is 0 Å². The lowest BCUT2D eigenvalue weighted by molar-refractivity contribution is -0.134. The number of methoxy groups -OCH3 is 1. The summed E-state index contributed by atoms with van der Waals surface area (Å²) in [6.07, 6.45) is 3.18. The second kappa shape index (κ2) is 5.83. The molecule has 1 amide bonds. The van der Waals surface area contributed by atoms with E-state index in [1.165, 1.54) is 18.4 Å². The molecule has 1 atom stereocenters. The summed E-state index contributed by atoms with van der Waals surface area (Å²) in [4.78, 5) is 14.5. The van der Waals surface area contributed by atoms with Gasteiger partial charge in [-0.25, -0.2) is 0 Å². The SMILES string of the molecule is COc1ccc([C@@H]2CNCCN2C(=O)CC2CC2)cc1. The van der Waals surface area contributed by atoms with Crippen molar-refractivity contribution in [2.45, 2.75) is 25.3 Å². The molecule has 1 saturated heterocycles. The second-order valence-electron chi connectivity index (χ2n) is 5.73. The molecule has 1 saturated carbocycles. The van der Waals surface area contributed by atoms with Gasteiger partial charge in [-0.05, 0) is 36.5 Å². The number of carbonyl (C=O) groups excluding carboxylic acids is 1. The van der Waals surface area contributed by atoms with Crippen LogP contribution in [0.1, 0.15) is 30.9 Å². The molecule has 0 radical (unpaired) electrons. The molecule has 4 nitrogen and oxygen atoms in total. The molecular formula is C16H22N2O2. The first-order valence-corrected chi connectivity index (χ1v) is 7.42. The van der Waals surface area contributed by atoms with Gasteiger partial charge in [-0.1, -0.05) is 12.1 Å². The molecule has 1 aliphatic carbocycles. The van der Waals surface area contributed by atoms with Gasteiger partial charge in [0.25, 0.3) is 0 Å². The molecule has 1 N–H and O–H groups in total. The van der Waals surface area contributed by atoms with Crippen LogP contribution in [0.4, 0.5) is 0 Å². The highest BCUT2D eigenvalue weighted by Crippen LogP contribution is 2.34. The third kappa shape index (κ3) is 2.96. The van der Waals surface area contributed by atoms with Gasteiger partial charge in [-0.3, -0.25) is 4.79 Å². The highest BCUT2D eigenvalue weighted by Gasteiger charge is 2.32. The van der Waals surface area contributed by atoms with Gasteiger partial charge >= 0.3 is 0 Å². The summed E-state index contributed by atoms with van der Waals surface area (Å²) in [5, 5.41) is 3.39. The largest absolute Gasteiger partial charge is 0.497 e. The summed E-state index contributed by atoms with van der Waals surface area (Å²) in [5.74, 6) is 1.82. The predicted molar refractivity (Wildman–Crippen MR) is 77.7 cm³/mol. The van der Waals surface area contributed by atoms with Crippen molar-refractivity contribution < 1.29 is 9.53 Å². The molecular weight excluding hydrogens is 252 g/mol. The summed E-state index contributed by atoms with van der Waals surface area (Å²) in [5.41, 5.74) is 1.18. The first-order valence-electron chi connectivity index (χ1n) is 7.42. The fraction of sp³-hybridized carbons (Fsp3) is 0.562. The molecule has 4 heteroatoms. The van der Waals surface area contributed by atoms with Crippen LogP contribution in [0.25, 0.3) is 0 Å². The molecule has 3 rings (SSSR count). The van der Waals surface area contributed by atoms with Crippen molar-refractivity contribution in [3.05, 3.63) is 29.8 Å². The Bertz CT molecular complexity index is 468. The van der Waals surface area contributed by atoms with Gasteiger partial charge in [0, 0.05) is 26.1 Å². The molecule has 1 aromatic rings. The van der Waals surface area contributed by atoms with Crippen LogP contribution in [0, 0.1) is 5.92 Å². The smallest absolute Gasteiger partial charge is 0.223 e. The highest BCUT2D eigenvalue weighted by atomic mass is 16.5. The third-order valence-electron chi connectivity index (χ3n) is 4.22. The zero-order chi connectivity index (χ0) is 13.9. The van der Waals surface area contributed by atoms with Gasteiger partial charge in [0.2, 0.25) is 5.91 Å². The molecule has 1 heterocycles. The number of rotatable bonds is 4. The third-order valence-corrected chi connectivity index (χ3v) is 4.22. The fourth-order valence-electron chi connectivity index (χ4n) is 2.81. The van der Waals surface area contributed by atoms with Gasteiger partial charge in [-0.2, -0.15) is 0 Å². The Morgan fingerprint density at radius 2 is 2.10 bits per heavy atom. The average Bonchev–Trinajstić information content (AvgIpc) is 3.31. The topological polar surface area (TPSA) is 41.6 Å². The number of piperazine rings is 1. The highest BCUT2D eigenvalue weighted by molar-refractivity contribution is 5.77. The van der Waals surface area contributed by atoms with Crippen molar-refractivity contribution in [2.24, 2.45) is 5.92 Å². The van der Waals surface area contributed by atoms with Crippen molar-refractivity contribution in [2.75, 3.05) is 26.7 Å². The van der Waals surface area contributed by atoms with E-state index in [4.69, 9.17) is 4.74 Å². The van der Waals surface area contributed by atoms with Crippen molar-refractivity contribution in [3.8, 4) is 5.75 Å². The van der Waals surface area contributed by atoms with E-state index in [1.807, 2.05) is 12.1 Å². The fourth-order valence-corrected chi connectivity index (χ4v) is 2.81. The van der Waals surface area contributed by atoms with Crippen molar-refractivity contribution >= 4 is 5.91 Å². The van der Waals surface area contributed by atoms with E-state index in [2.05, 4.69) is 22.3 Å². The maximum atomic E-state index is 12.4. The van der Waals surface area contributed by atoms with Gasteiger partial charge in [0.1, 0.15) is 5.75 Å². The minimum Gasteiger partial charge on any atom is -0.497 e. The summed E-state index contributed by atoms with van der Waals surface area (Å²) in [6.45, 7) is 2.54. The molecule has 0 aromatic heterocycles. The average molecular weight is 274 g/mol. The lowest BCUT2D eigenvalue weighted by Gasteiger charge is -2.36. The Morgan fingerprint density at radius 1 is 1.35 bits per heavy atom. The zero-order valence-electron chi connectivity index (χ0n) is 12.0. The molecule has 0 spiro atoms. The Hall–Kier alpha value is -1.55. The van der Waals surface area contributed by atoms with E-state index in [0.29, 0.717) is 11.8 Å². The second-order valence-corrected chi connectivity index (χ2v) is 5.73. The minimum absolute atomic E-state index is 0.154. The number of ether oxygens (including phenoxy) is 1. The maximum absolute atomic E-state index is 12.4. The van der Waals surface area contributed by atoms with Crippen LogP contribution < -0.4 is 10.1 Å². The molecule has 20 heavy (non-hydrogen) atoms. The molecule has 2 aliphatic rings. The van der Waals surface area contributed by atoms with Gasteiger partial charge in [-0.15, -0.1) is 0 Å². The van der Waals surface area contributed by atoms with Crippen LogP contribution in [-0.2, 0) is 4.79 Å². The lowest BCUT2D eigenvalue weighted by Crippen LogP contribution is -2.48. The monoisotopic (exact) mass is 274 g/mol. The zero-order valence-corrected chi connectivity index (χ0v) is 12.0. The summed E-state index contributed by atoms with van der Waals surface area (Å²) in [7, 11) is 1.67. The first-order chi connectivity index (χ1) is 9.78. The number of nitrogens with one attached hydrogen (secondary N) is 1. The summed E-state index contributed by atoms with van der Waals surface area (Å²) in [6, 6.07) is 8.21. The number of carbonyl (C=O) groups is 1. The normalized spacial score (nSPS) is 22.6. The van der Waals surface area contributed by atoms with Crippen LogP contribution in [0.5, 0.6) is 5.75 Å². The van der Waals surface area contributed by atoms with E-state index in [-0.39, 0.29) is 6.04 Å². The number of hydrogen-bond donors (Lipinski definition) is 1. The first kappa shape index (κ1) is 13.4. The maximum Gasteiger partial charge on any atom is 0.223 e. The number of amides is 1. The van der Waals surface area contributed by atoms with Crippen LogP contribution in [0.15, 0.2) is 24.3 Å². The van der Waals surface area contributed by atoms with Crippen molar-refractivity contribution in [1.82, 2.24) is 10.2 Å². The quantitative estimate of drug-likeness (QED) is 0.912. The van der Waals surface area contributed by atoms with Crippen LogP contribution in [0.2, 0.25) is 0 Å². The van der Waals surface area contributed by atoms with Crippen LogP contribution in [0.3, 0.4) is 0 Å². The Labute approximate surface area is 120 Å². The summed E-state index contributed by atoms with van der Waals surface area (Å²) >= 11 is 0. The Balaban J connectivity index is 1.74. The van der Waals surface area contributed by atoms with E-state index >= 15 is 0 Å². The minimum atomic E-state index is 0.154. The molecule has 1 aromatic carbocycles. The number of hydrogen-bond acceptors (Lipinski definition) is 3. The molecule has 1 aliphatic heterocycles. The van der Waals surface area contributed by atoms with E-state index in [0.717, 1.165) is 31.8 Å². The number of nitrogens with zero attached hydrogens (tertiary/aromatic N) is 1. The predicted octanol–water partition coefficient (Wildman–Crippen LogP) is 1.97. The molecule has 0 unspecified atom stereocenters. The van der Waals surface area contributed by atoms with Crippen LogP contribution >= 0.6 is 0 Å². The van der Waals surface area contributed by atoms with Gasteiger partial charge in [0.05, 0.1) is 13.2 Å². The van der Waals surface area contributed by atoms with E-state index in [9.17, 15) is 4.79 Å². The van der Waals surface area contributed by atoms with Gasteiger partial charge in [0.15, 0.2) is 0 Å². The molecule has 2 fully saturated rings. The molecule has 108 valence electrons. The Morgan fingerprint density at radius 3 is 2.75 bits per heavy atom. The summed E-state index contributed by atoms with van der Waals surface area (Å²) < 4.78 is 5.20. The van der Waals surface area contributed by atoms with E-state index in [1.54, 1.807) is 7.11 Å². The lowest BCUT2D eigenvalue weighted by atomic mass is 10.0. The standard InChI is InChI=1S/C16H22N2O2/c1-20-14-6-4-13(5-7-14)15-11-17-8-9-18(15)16(19)10-12-2-3-12/h4-7,12,15,17H,2-3,8-11H2,1H3/t15-/m0/s1. The number of benzene rings is 1. The Kier molecular flexibility index (Phi) is 3.92. The van der Waals surface area contributed by atoms with Crippen molar-refractivity contribution in [3.63, 3.8) is 0 Å².